The molecule has 1 heterocycles. The normalized spacial score (nSPS) is 11.2. The van der Waals surface area contributed by atoms with Gasteiger partial charge >= 0.3 is 5.97 Å². The first kappa shape index (κ1) is 24.9. The van der Waals surface area contributed by atoms with Gasteiger partial charge in [0.1, 0.15) is 28.6 Å². The van der Waals surface area contributed by atoms with Crippen LogP contribution < -0.4 is 10.1 Å². The van der Waals surface area contributed by atoms with Crippen LogP contribution in [0, 0.1) is 16.6 Å². The summed E-state index contributed by atoms with van der Waals surface area (Å²) < 4.78 is 24.3. The SMILES string of the molecule is COC(=O)c1cc(Br)c(F)cc1OCCCC(C)N(C=N)C(=N)c1cccc(NC=O)n1. The third-order valence-electron chi connectivity index (χ3n) is 4.52. The summed E-state index contributed by atoms with van der Waals surface area (Å²) in [6, 6.07) is 7.03. The Hall–Kier alpha value is -3.34. The van der Waals surface area contributed by atoms with Gasteiger partial charge in [0.2, 0.25) is 6.41 Å². The molecule has 1 aromatic heterocycles. The summed E-state index contributed by atoms with van der Waals surface area (Å²) in [5.41, 5.74) is 0.406. The Morgan fingerprint density at radius 3 is 2.81 bits per heavy atom. The molecule has 1 aromatic carbocycles. The first-order chi connectivity index (χ1) is 15.3. The van der Waals surface area contributed by atoms with E-state index in [9.17, 15) is 14.0 Å². The number of carbonyl (C=O) groups excluding carboxylic acids is 2. The van der Waals surface area contributed by atoms with Crippen LogP contribution in [-0.4, -0.2) is 54.2 Å². The maximum atomic E-state index is 13.9. The topological polar surface area (TPSA) is 128 Å². The summed E-state index contributed by atoms with van der Waals surface area (Å²) in [5.74, 6) is -0.826. The number of nitrogens with zero attached hydrogens (tertiary/aromatic N) is 2. The number of ether oxygens (including phenoxy) is 2. The number of hydrogen-bond acceptors (Lipinski definition) is 7. The lowest BCUT2D eigenvalue weighted by Crippen LogP contribution is -2.38. The molecule has 0 fully saturated rings. The first-order valence-corrected chi connectivity index (χ1v) is 10.4. The van der Waals surface area contributed by atoms with E-state index in [-0.39, 0.29) is 34.3 Å². The number of carbonyl (C=O) groups is 2. The maximum Gasteiger partial charge on any atom is 0.341 e. The average molecular weight is 508 g/mol. The van der Waals surface area contributed by atoms with Crippen molar-refractivity contribution < 1.29 is 23.5 Å². The number of amides is 1. The van der Waals surface area contributed by atoms with Crippen LogP contribution in [0.4, 0.5) is 10.2 Å². The predicted molar refractivity (Wildman–Crippen MR) is 121 cm³/mol. The number of pyridine rings is 1. The zero-order chi connectivity index (χ0) is 23.7. The molecule has 1 unspecified atom stereocenters. The lowest BCUT2D eigenvalue weighted by molar-refractivity contribution is -0.105. The van der Waals surface area contributed by atoms with Gasteiger partial charge in [-0.3, -0.25) is 15.6 Å². The monoisotopic (exact) mass is 507 g/mol. The molecule has 32 heavy (non-hydrogen) atoms. The molecule has 2 rings (SSSR count). The first-order valence-electron chi connectivity index (χ1n) is 9.57. The number of halogens is 2. The summed E-state index contributed by atoms with van der Waals surface area (Å²) in [6.07, 6.45) is 2.58. The average Bonchev–Trinajstić information content (AvgIpc) is 2.79. The van der Waals surface area contributed by atoms with Crippen molar-refractivity contribution in [3.8, 4) is 5.75 Å². The fraction of sp³-hybridized carbons (Fsp3) is 0.286. The molecule has 170 valence electrons. The van der Waals surface area contributed by atoms with E-state index in [1.54, 1.807) is 18.2 Å². The minimum absolute atomic E-state index is 0.00549. The molecule has 2 aromatic rings. The van der Waals surface area contributed by atoms with E-state index in [0.717, 1.165) is 12.4 Å². The minimum Gasteiger partial charge on any atom is -0.493 e. The van der Waals surface area contributed by atoms with Gasteiger partial charge in [-0.25, -0.2) is 14.2 Å². The molecule has 1 amide bonds. The number of nitrogens with one attached hydrogen (secondary N) is 3. The summed E-state index contributed by atoms with van der Waals surface area (Å²) in [4.78, 5) is 28.1. The van der Waals surface area contributed by atoms with E-state index in [2.05, 4.69) is 26.2 Å². The van der Waals surface area contributed by atoms with Crippen molar-refractivity contribution in [1.82, 2.24) is 9.88 Å². The highest BCUT2D eigenvalue weighted by molar-refractivity contribution is 9.10. The van der Waals surface area contributed by atoms with Gasteiger partial charge in [0.05, 0.1) is 24.5 Å². The second-order valence-corrected chi connectivity index (χ2v) is 7.50. The summed E-state index contributed by atoms with van der Waals surface area (Å²) in [5, 5.41) is 18.5. The molecule has 0 saturated carbocycles. The lowest BCUT2D eigenvalue weighted by Gasteiger charge is -2.26. The standard InChI is InChI=1S/C21H23BrFN5O4/c1-13(28(11-24)20(25)17-6-3-7-19(27-17)26-12-29)5-4-8-32-18-10-16(23)15(22)9-14(18)21(30)31-2/h3,6-7,9-13,24-25H,4-5,8H2,1-2H3,(H,26,27,29). The van der Waals surface area contributed by atoms with Crippen LogP contribution in [0.25, 0.3) is 0 Å². The van der Waals surface area contributed by atoms with Gasteiger partial charge in [0.15, 0.2) is 5.84 Å². The lowest BCUT2D eigenvalue weighted by atomic mass is 10.1. The Morgan fingerprint density at radius 1 is 1.41 bits per heavy atom. The highest BCUT2D eigenvalue weighted by atomic mass is 79.9. The number of rotatable bonds is 11. The van der Waals surface area contributed by atoms with E-state index < -0.39 is 11.8 Å². The zero-order valence-electron chi connectivity index (χ0n) is 17.5. The maximum absolute atomic E-state index is 13.9. The van der Waals surface area contributed by atoms with Crippen LogP contribution in [0.15, 0.2) is 34.8 Å². The number of benzene rings is 1. The number of amidine groups is 1. The molecule has 1 atom stereocenters. The van der Waals surface area contributed by atoms with Crippen molar-refractivity contribution in [3.05, 3.63) is 51.9 Å². The zero-order valence-corrected chi connectivity index (χ0v) is 19.1. The molecule has 0 aliphatic rings. The van der Waals surface area contributed by atoms with E-state index >= 15 is 0 Å². The molecule has 0 spiro atoms. The molecule has 0 radical (unpaired) electrons. The third-order valence-corrected chi connectivity index (χ3v) is 5.13. The predicted octanol–water partition coefficient (Wildman–Crippen LogP) is 3.82. The minimum atomic E-state index is -0.642. The molecular formula is C21H23BrFN5O4. The van der Waals surface area contributed by atoms with Crippen LogP contribution in [0.1, 0.15) is 35.8 Å². The summed E-state index contributed by atoms with van der Waals surface area (Å²) >= 11 is 3.04. The fourth-order valence-electron chi connectivity index (χ4n) is 2.87. The largest absolute Gasteiger partial charge is 0.493 e. The van der Waals surface area contributed by atoms with Gasteiger partial charge in [-0.15, -0.1) is 0 Å². The van der Waals surface area contributed by atoms with Gasteiger partial charge in [0, 0.05) is 12.1 Å². The second-order valence-electron chi connectivity index (χ2n) is 6.65. The van der Waals surface area contributed by atoms with Crippen LogP contribution in [0.3, 0.4) is 0 Å². The quantitative estimate of drug-likeness (QED) is 0.139. The smallest absolute Gasteiger partial charge is 0.341 e. The summed E-state index contributed by atoms with van der Waals surface area (Å²) in [6.45, 7) is 2.03. The molecule has 11 heteroatoms. The van der Waals surface area contributed by atoms with Crippen LogP contribution in [0.2, 0.25) is 0 Å². The van der Waals surface area contributed by atoms with E-state index in [0.29, 0.717) is 30.8 Å². The van der Waals surface area contributed by atoms with Crippen molar-refractivity contribution in [2.75, 3.05) is 19.0 Å². The van der Waals surface area contributed by atoms with E-state index in [4.69, 9.17) is 20.3 Å². The molecule has 0 saturated heterocycles. The number of esters is 1. The van der Waals surface area contributed by atoms with Gasteiger partial charge in [-0.05, 0) is 53.9 Å². The van der Waals surface area contributed by atoms with Crippen molar-refractivity contribution in [1.29, 1.82) is 10.8 Å². The Balaban J connectivity index is 1.99. The summed E-state index contributed by atoms with van der Waals surface area (Å²) in [7, 11) is 1.23. The van der Waals surface area contributed by atoms with Gasteiger partial charge in [-0.1, -0.05) is 6.07 Å². The van der Waals surface area contributed by atoms with Crippen LogP contribution >= 0.6 is 15.9 Å². The number of aromatic nitrogens is 1. The molecule has 9 nitrogen and oxygen atoms in total. The molecule has 0 bridgehead atoms. The Morgan fingerprint density at radius 2 is 2.16 bits per heavy atom. The third kappa shape index (κ3) is 6.33. The Labute approximate surface area is 193 Å². The van der Waals surface area contributed by atoms with E-state index in [1.165, 1.54) is 18.1 Å². The Kier molecular flexibility index (Phi) is 9.26. The van der Waals surface area contributed by atoms with Crippen molar-refractivity contribution >= 4 is 46.3 Å². The van der Waals surface area contributed by atoms with Crippen molar-refractivity contribution in [2.45, 2.75) is 25.8 Å². The number of methoxy groups -OCH3 is 1. The second kappa shape index (κ2) is 11.9. The highest BCUT2D eigenvalue weighted by Crippen LogP contribution is 2.27. The van der Waals surface area contributed by atoms with Gasteiger partial charge < -0.3 is 19.7 Å². The van der Waals surface area contributed by atoms with Crippen LogP contribution in [-0.2, 0) is 9.53 Å². The molecule has 0 aliphatic heterocycles. The van der Waals surface area contributed by atoms with Crippen LogP contribution in [0.5, 0.6) is 5.75 Å². The highest BCUT2D eigenvalue weighted by Gasteiger charge is 2.19. The number of hydrogen-bond donors (Lipinski definition) is 3. The fourth-order valence-corrected chi connectivity index (χ4v) is 3.21. The molecular weight excluding hydrogens is 485 g/mol. The number of anilines is 1. The van der Waals surface area contributed by atoms with Crippen molar-refractivity contribution in [2.24, 2.45) is 0 Å². The molecule has 0 aliphatic carbocycles. The Bertz CT molecular complexity index is 1000. The molecule has 3 N–H and O–H groups in total. The van der Waals surface area contributed by atoms with Crippen molar-refractivity contribution in [3.63, 3.8) is 0 Å². The van der Waals surface area contributed by atoms with Gasteiger partial charge in [0.25, 0.3) is 0 Å². The van der Waals surface area contributed by atoms with Gasteiger partial charge in [-0.2, -0.15) is 0 Å². The van der Waals surface area contributed by atoms with E-state index in [1.807, 2.05) is 6.92 Å².